The first kappa shape index (κ1) is 14.3. The highest BCUT2D eigenvalue weighted by molar-refractivity contribution is 7.17. The lowest BCUT2D eigenvalue weighted by atomic mass is 10.3. The van der Waals surface area contributed by atoms with Gasteiger partial charge in [0.25, 0.3) is 0 Å². The third-order valence-corrected chi connectivity index (χ3v) is 4.78. The molecule has 118 valence electrons. The van der Waals surface area contributed by atoms with Crippen molar-refractivity contribution >= 4 is 27.5 Å². The number of nitrogens with zero attached hydrogens (tertiary/aromatic N) is 4. The molecule has 6 nitrogen and oxygen atoms in total. The van der Waals surface area contributed by atoms with Gasteiger partial charge < -0.3 is 9.64 Å². The number of rotatable bonds is 2. The van der Waals surface area contributed by atoms with Crippen LogP contribution in [0.4, 0.5) is 5.82 Å². The maximum absolute atomic E-state index is 12.6. The number of aromatic nitrogens is 3. The van der Waals surface area contributed by atoms with Gasteiger partial charge in [-0.15, -0.1) is 0 Å². The second-order valence-electron chi connectivity index (χ2n) is 5.39. The Kier molecular flexibility index (Phi) is 3.59. The Bertz CT molecular complexity index is 898. The standard InChI is InChI=1S/C16H16N4O2S/c1-11-17-14(19-7-9-22-10-8-19)13-15(18-11)20(16(21)23-13)12-5-3-2-4-6-12/h2-6H,7-10H2,1H3. The molecule has 1 aliphatic heterocycles. The van der Waals surface area contributed by atoms with Crippen LogP contribution in [-0.2, 0) is 4.74 Å². The zero-order valence-corrected chi connectivity index (χ0v) is 13.5. The summed E-state index contributed by atoms with van der Waals surface area (Å²) in [6, 6.07) is 9.60. The fourth-order valence-corrected chi connectivity index (χ4v) is 3.74. The predicted octanol–water partition coefficient (Wildman–Crippen LogP) is 1.99. The van der Waals surface area contributed by atoms with Crippen LogP contribution in [0.25, 0.3) is 16.0 Å². The minimum Gasteiger partial charge on any atom is -0.378 e. The van der Waals surface area contributed by atoms with E-state index >= 15 is 0 Å². The van der Waals surface area contributed by atoms with Crippen LogP contribution >= 0.6 is 11.3 Å². The molecule has 2 aromatic heterocycles. The van der Waals surface area contributed by atoms with Crippen LogP contribution in [0.15, 0.2) is 35.1 Å². The van der Waals surface area contributed by atoms with Crippen molar-refractivity contribution in [1.29, 1.82) is 0 Å². The molecule has 0 bridgehead atoms. The summed E-state index contributed by atoms with van der Waals surface area (Å²) in [5.74, 6) is 1.51. The van der Waals surface area contributed by atoms with E-state index in [0.29, 0.717) is 24.7 Å². The molecule has 0 amide bonds. The van der Waals surface area contributed by atoms with Gasteiger partial charge in [-0.25, -0.2) is 9.97 Å². The van der Waals surface area contributed by atoms with Crippen molar-refractivity contribution < 1.29 is 4.74 Å². The van der Waals surface area contributed by atoms with E-state index in [2.05, 4.69) is 14.9 Å². The maximum Gasteiger partial charge on any atom is 0.314 e. The lowest BCUT2D eigenvalue weighted by molar-refractivity contribution is 0.122. The average molecular weight is 328 g/mol. The Hall–Kier alpha value is -2.25. The number of thiazole rings is 1. The van der Waals surface area contributed by atoms with Gasteiger partial charge in [0.2, 0.25) is 0 Å². The van der Waals surface area contributed by atoms with Crippen LogP contribution in [0.3, 0.4) is 0 Å². The van der Waals surface area contributed by atoms with Crippen molar-refractivity contribution in [2.75, 3.05) is 31.2 Å². The van der Waals surface area contributed by atoms with E-state index in [1.165, 1.54) is 11.3 Å². The fraction of sp³-hybridized carbons (Fsp3) is 0.312. The second kappa shape index (κ2) is 5.75. The number of ether oxygens (including phenoxy) is 1. The Morgan fingerprint density at radius 2 is 1.87 bits per heavy atom. The van der Waals surface area contributed by atoms with Gasteiger partial charge in [-0.1, -0.05) is 29.5 Å². The van der Waals surface area contributed by atoms with Crippen LogP contribution in [0.5, 0.6) is 0 Å². The van der Waals surface area contributed by atoms with Crippen molar-refractivity contribution in [3.8, 4) is 5.69 Å². The largest absolute Gasteiger partial charge is 0.378 e. The smallest absolute Gasteiger partial charge is 0.314 e. The van der Waals surface area contributed by atoms with Gasteiger partial charge in [-0.3, -0.25) is 9.36 Å². The molecule has 0 radical (unpaired) electrons. The summed E-state index contributed by atoms with van der Waals surface area (Å²) >= 11 is 1.20. The van der Waals surface area contributed by atoms with E-state index in [-0.39, 0.29) is 4.87 Å². The number of hydrogen-bond donors (Lipinski definition) is 0. The number of benzene rings is 1. The highest BCUT2D eigenvalue weighted by Crippen LogP contribution is 2.28. The third-order valence-electron chi connectivity index (χ3n) is 3.85. The monoisotopic (exact) mass is 328 g/mol. The Morgan fingerprint density at radius 1 is 1.13 bits per heavy atom. The van der Waals surface area contributed by atoms with Crippen LogP contribution in [0, 0.1) is 6.92 Å². The second-order valence-corrected chi connectivity index (χ2v) is 6.35. The summed E-state index contributed by atoms with van der Waals surface area (Å²) in [7, 11) is 0. The van der Waals surface area contributed by atoms with Gasteiger partial charge in [-0.2, -0.15) is 0 Å². The molecular formula is C16H16N4O2S. The van der Waals surface area contributed by atoms with Crippen LogP contribution < -0.4 is 9.77 Å². The van der Waals surface area contributed by atoms with E-state index in [0.717, 1.165) is 29.3 Å². The first-order chi connectivity index (χ1) is 11.2. The quantitative estimate of drug-likeness (QED) is 0.720. The molecule has 1 saturated heterocycles. The normalized spacial score (nSPS) is 15.3. The molecule has 23 heavy (non-hydrogen) atoms. The molecule has 0 saturated carbocycles. The summed E-state index contributed by atoms with van der Waals surface area (Å²) in [6.45, 7) is 4.78. The molecule has 0 aliphatic carbocycles. The molecular weight excluding hydrogens is 312 g/mol. The predicted molar refractivity (Wildman–Crippen MR) is 90.8 cm³/mol. The summed E-state index contributed by atoms with van der Waals surface area (Å²) < 4.78 is 7.92. The molecule has 1 fully saturated rings. The van der Waals surface area contributed by atoms with Gasteiger partial charge in [0.15, 0.2) is 11.5 Å². The molecule has 0 N–H and O–H groups in total. The number of aryl methyl sites for hydroxylation is 1. The first-order valence-corrected chi connectivity index (χ1v) is 8.34. The van der Waals surface area contributed by atoms with Gasteiger partial charge in [0, 0.05) is 13.1 Å². The number of morpholine rings is 1. The average Bonchev–Trinajstić information content (AvgIpc) is 2.91. The Morgan fingerprint density at radius 3 is 2.61 bits per heavy atom. The number of fused-ring (bicyclic) bond motifs is 1. The van der Waals surface area contributed by atoms with E-state index in [4.69, 9.17) is 4.74 Å². The molecule has 4 rings (SSSR count). The van der Waals surface area contributed by atoms with Crippen molar-refractivity contribution in [3.05, 3.63) is 45.8 Å². The Labute approximate surface area is 137 Å². The number of para-hydroxylation sites is 1. The number of hydrogen-bond acceptors (Lipinski definition) is 6. The zero-order valence-electron chi connectivity index (χ0n) is 12.7. The molecule has 0 spiro atoms. The maximum atomic E-state index is 12.6. The summed E-state index contributed by atoms with van der Waals surface area (Å²) in [5, 5.41) is 0. The molecule has 3 aromatic rings. The summed E-state index contributed by atoms with van der Waals surface area (Å²) in [4.78, 5) is 23.8. The highest BCUT2D eigenvalue weighted by Gasteiger charge is 2.21. The van der Waals surface area contributed by atoms with Gasteiger partial charge in [0.05, 0.1) is 18.9 Å². The molecule has 7 heteroatoms. The minimum absolute atomic E-state index is 0.0411. The molecule has 1 aromatic carbocycles. The van der Waals surface area contributed by atoms with Crippen LogP contribution in [0.2, 0.25) is 0 Å². The SMILES string of the molecule is Cc1nc(N2CCOCC2)c2sc(=O)n(-c3ccccc3)c2n1. The van der Waals surface area contributed by atoms with Crippen molar-refractivity contribution in [2.24, 2.45) is 0 Å². The molecule has 0 unspecified atom stereocenters. The van der Waals surface area contributed by atoms with E-state index < -0.39 is 0 Å². The molecule has 3 heterocycles. The van der Waals surface area contributed by atoms with Gasteiger partial charge in [-0.05, 0) is 19.1 Å². The fourth-order valence-electron chi connectivity index (χ4n) is 2.79. The topological polar surface area (TPSA) is 60.3 Å². The van der Waals surface area contributed by atoms with E-state index in [1.54, 1.807) is 4.57 Å². The Balaban J connectivity index is 1.95. The lowest BCUT2D eigenvalue weighted by Crippen LogP contribution is -2.37. The van der Waals surface area contributed by atoms with E-state index in [9.17, 15) is 4.79 Å². The van der Waals surface area contributed by atoms with Crippen molar-refractivity contribution in [2.45, 2.75) is 6.92 Å². The van der Waals surface area contributed by atoms with Crippen molar-refractivity contribution in [1.82, 2.24) is 14.5 Å². The summed E-state index contributed by atoms with van der Waals surface area (Å²) in [6.07, 6.45) is 0. The third kappa shape index (κ3) is 2.51. The lowest BCUT2D eigenvalue weighted by Gasteiger charge is -2.28. The van der Waals surface area contributed by atoms with E-state index in [1.807, 2.05) is 37.3 Å². The highest BCUT2D eigenvalue weighted by atomic mass is 32.1. The first-order valence-electron chi connectivity index (χ1n) is 7.52. The van der Waals surface area contributed by atoms with Crippen LogP contribution in [0.1, 0.15) is 5.82 Å². The van der Waals surface area contributed by atoms with Gasteiger partial charge >= 0.3 is 4.87 Å². The minimum atomic E-state index is -0.0411. The van der Waals surface area contributed by atoms with Crippen molar-refractivity contribution in [3.63, 3.8) is 0 Å². The molecule has 0 atom stereocenters. The number of anilines is 1. The zero-order chi connectivity index (χ0) is 15.8. The van der Waals surface area contributed by atoms with Gasteiger partial charge in [0.1, 0.15) is 10.5 Å². The molecule has 1 aliphatic rings. The summed E-state index contributed by atoms with van der Waals surface area (Å²) in [5.41, 5.74) is 1.51. The van der Waals surface area contributed by atoms with Crippen LogP contribution in [-0.4, -0.2) is 40.8 Å².